The summed E-state index contributed by atoms with van der Waals surface area (Å²) in [6, 6.07) is 6.42. The molecule has 0 aliphatic carbocycles. The Morgan fingerprint density at radius 2 is 1.84 bits per heavy atom. The van der Waals surface area contributed by atoms with Crippen molar-refractivity contribution in [3.63, 3.8) is 0 Å². The topological polar surface area (TPSA) is 106 Å². The van der Waals surface area contributed by atoms with Crippen LogP contribution < -0.4 is 10.5 Å². The van der Waals surface area contributed by atoms with Gasteiger partial charge < -0.3 is 5.73 Å². The Labute approximate surface area is 113 Å². The van der Waals surface area contributed by atoms with Crippen molar-refractivity contribution in [2.75, 3.05) is 22.6 Å². The predicted octanol–water partition coefficient (Wildman–Crippen LogP) is -0.259. The molecule has 0 radical (unpaired) electrons. The van der Waals surface area contributed by atoms with E-state index >= 15 is 0 Å². The third kappa shape index (κ3) is 5.74. The molecule has 0 saturated carbocycles. The lowest BCUT2D eigenvalue weighted by molar-refractivity contribution is 0.595. The fourth-order valence-corrected chi connectivity index (χ4v) is 4.31. The first-order chi connectivity index (χ1) is 8.73. The molecule has 0 aromatic heterocycles. The van der Waals surface area contributed by atoms with E-state index in [4.69, 9.17) is 5.73 Å². The van der Waals surface area contributed by atoms with Crippen LogP contribution in [0.4, 0.5) is 5.69 Å². The van der Waals surface area contributed by atoms with Gasteiger partial charge in [0.2, 0.25) is 10.0 Å². The molecule has 0 spiro atoms. The lowest BCUT2D eigenvalue weighted by atomic mass is 10.2. The maximum absolute atomic E-state index is 11.7. The SMILES string of the molecule is CS(=O)(=O)CS(=O)(=O)Nc1ccccc1C#CCN. The average molecular weight is 302 g/mol. The summed E-state index contributed by atoms with van der Waals surface area (Å²) in [7, 11) is -7.62. The van der Waals surface area contributed by atoms with Crippen LogP contribution in [0.25, 0.3) is 0 Å². The molecule has 0 bridgehead atoms. The van der Waals surface area contributed by atoms with Crippen molar-refractivity contribution in [1.29, 1.82) is 0 Å². The van der Waals surface area contributed by atoms with E-state index in [0.717, 1.165) is 6.26 Å². The molecule has 0 heterocycles. The molecule has 104 valence electrons. The van der Waals surface area contributed by atoms with Crippen molar-refractivity contribution in [3.05, 3.63) is 29.8 Å². The summed E-state index contributed by atoms with van der Waals surface area (Å²) in [6.45, 7) is 0.143. The Morgan fingerprint density at radius 3 is 2.42 bits per heavy atom. The second kappa shape index (κ2) is 6.06. The summed E-state index contributed by atoms with van der Waals surface area (Å²) < 4.78 is 47.6. The number of sulfonamides is 1. The number of benzene rings is 1. The molecule has 8 heteroatoms. The number of hydrogen-bond donors (Lipinski definition) is 2. The highest BCUT2D eigenvalue weighted by Gasteiger charge is 2.18. The van der Waals surface area contributed by atoms with E-state index in [0.29, 0.717) is 5.56 Å². The number of sulfone groups is 1. The van der Waals surface area contributed by atoms with Crippen LogP contribution in [-0.2, 0) is 19.9 Å². The van der Waals surface area contributed by atoms with E-state index in [1.54, 1.807) is 18.2 Å². The monoisotopic (exact) mass is 302 g/mol. The molecule has 0 unspecified atom stereocenters. The van der Waals surface area contributed by atoms with Crippen molar-refractivity contribution < 1.29 is 16.8 Å². The van der Waals surface area contributed by atoms with Gasteiger partial charge in [0.25, 0.3) is 0 Å². The van der Waals surface area contributed by atoms with Crippen LogP contribution in [0.3, 0.4) is 0 Å². The van der Waals surface area contributed by atoms with Gasteiger partial charge in [-0.2, -0.15) is 0 Å². The highest BCUT2D eigenvalue weighted by Crippen LogP contribution is 2.15. The summed E-state index contributed by atoms with van der Waals surface area (Å²) >= 11 is 0. The summed E-state index contributed by atoms with van der Waals surface area (Å²) in [5, 5.41) is -0.974. The summed E-state index contributed by atoms with van der Waals surface area (Å²) in [5.41, 5.74) is 5.91. The molecule has 0 saturated heterocycles. The Bertz CT molecular complexity index is 713. The van der Waals surface area contributed by atoms with E-state index < -0.39 is 24.9 Å². The molecular weight excluding hydrogens is 288 g/mol. The van der Waals surface area contributed by atoms with E-state index in [1.165, 1.54) is 6.07 Å². The highest BCUT2D eigenvalue weighted by atomic mass is 32.3. The van der Waals surface area contributed by atoms with Crippen LogP contribution >= 0.6 is 0 Å². The minimum atomic E-state index is -3.98. The number of anilines is 1. The van der Waals surface area contributed by atoms with Gasteiger partial charge in [-0.1, -0.05) is 24.0 Å². The quantitative estimate of drug-likeness (QED) is 0.745. The maximum atomic E-state index is 11.7. The van der Waals surface area contributed by atoms with E-state index in [9.17, 15) is 16.8 Å². The van der Waals surface area contributed by atoms with Gasteiger partial charge in [-0.15, -0.1) is 0 Å². The van der Waals surface area contributed by atoms with Gasteiger partial charge in [-0.25, -0.2) is 16.8 Å². The smallest absolute Gasteiger partial charge is 0.247 e. The highest BCUT2D eigenvalue weighted by molar-refractivity contribution is 8.08. The van der Waals surface area contributed by atoms with Gasteiger partial charge in [0.05, 0.1) is 12.2 Å². The van der Waals surface area contributed by atoms with Gasteiger partial charge in [0.1, 0.15) is 0 Å². The lowest BCUT2D eigenvalue weighted by Gasteiger charge is -2.08. The van der Waals surface area contributed by atoms with Crippen LogP contribution in [0.1, 0.15) is 5.56 Å². The third-order valence-corrected chi connectivity index (χ3v) is 5.37. The van der Waals surface area contributed by atoms with E-state index in [1.807, 2.05) is 0 Å². The van der Waals surface area contributed by atoms with Crippen LogP contribution in [0.2, 0.25) is 0 Å². The largest absolute Gasteiger partial charge is 0.320 e. The first-order valence-electron chi connectivity index (χ1n) is 5.20. The van der Waals surface area contributed by atoms with Gasteiger partial charge in [0.15, 0.2) is 14.9 Å². The van der Waals surface area contributed by atoms with Crippen molar-refractivity contribution in [3.8, 4) is 11.8 Å². The Balaban J connectivity index is 3.06. The minimum Gasteiger partial charge on any atom is -0.320 e. The lowest BCUT2D eigenvalue weighted by Crippen LogP contribution is -2.22. The van der Waals surface area contributed by atoms with Gasteiger partial charge in [0, 0.05) is 11.8 Å². The molecule has 19 heavy (non-hydrogen) atoms. The normalized spacial score (nSPS) is 11.5. The molecule has 0 atom stereocenters. The van der Waals surface area contributed by atoms with Crippen molar-refractivity contribution in [2.24, 2.45) is 5.73 Å². The molecule has 1 rings (SSSR count). The van der Waals surface area contributed by atoms with E-state index in [2.05, 4.69) is 16.6 Å². The van der Waals surface area contributed by atoms with Crippen molar-refractivity contribution >= 4 is 25.5 Å². The molecular formula is C11H14N2O4S2. The number of para-hydroxylation sites is 1. The van der Waals surface area contributed by atoms with Crippen LogP contribution in [0.15, 0.2) is 24.3 Å². The molecule has 0 aliphatic heterocycles. The maximum Gasteiger partial charge on any atom is 0.247 e. The third-order valence-electron chi connectivity index (χ3n) is 1.89. The minimum absolute atomic E-state index is 0.143. The molecule has 6 nitrogen and oxygen atoms in total. The predicted molar refractivity (Wildman–Crippen MR) is 74.6 cm³/mol. The van der Waals surface area contributed by atoms with Gasteiger partial charge in [-0.3, -0.25) is 4.72 Å². The zero-order chi connectivity index (χ0) is 14.5. The number of nitrogens with two attached hydrogens (primary N) is 1. The molecule has 1 aromatic rings. The van der Waals surface area contributed by atoms with Crippen molar-refractivity contribution in [2.45, 2.75) is 0 Å². The number of hydrogen-bond acceptors (Lipinski definition) is 5. The zero-order valence-corrected chi connectivity index (χ0v) is 11.9. The average Bonchev–Trinajstić information content (AvgIpc) is 2.24. The van der Waals surface area contributed by atoms with Crippen molar-refractivity contribution in [1.82, 2.24) is 0 Å². The molecule has 3 N–H and O–H groups in total. The molecule has 1 aromatic carbocycles. The molecule has 0 amide bonds. The summed E-state index contributed by atoms with van der Waals surface area (Å²) in [6.07, 6.45) is 0.854. The molecule has 0 fully saturated rings. The van der Waals surface area contributed by atoms with Crippen LogP contribution in [0, 0.1) is 11.8 Å². The fraction of sp³-hybridized carbons (Fsp3) is 0.273. The van der Waals surface area contributed by atoms with Gasteiger partial charge >= 0.3 is 0 Å². The Morgan fingerprint density at radius 1 is 1.21 bits per heavy atom. The Hall–Kier alpha value is -1.56. The zero-order valence-electron chi connectivity index (χ0n) is 10.3. The standard InChI is InChI=1S/C11H14N2O4S2/c1-18(14,15)9-19(16,17)13-11-7-3-2-5-10(11)6-4-8-12/h2-3,5,7,13H,8-9,12H2,1H3. The molecule has 0 aliphatic rings. The van der Waals surface area contributed by atoms with Gasteiger partial charge in [-0.05, 0) is 12.1 Å². The summed E-state index contributed by atoms with van der Waals surface area (Å²) in [4.78, 5) is 0. The number of rotatable bonds is 4. The number of nitrogens with one attached hydrogen (secondary N) is 1. The Kier molecular flexibility index (Phi) is 4.94. The van der Waals surface area contributed by atoms with Crippen LogP contribution in [-0.4, -0.2) is 34.7 Å². The summed E-state index contributed by atoms with van der Waals surface area (Å²) in [5.74, 6) is 5.31. The first kappa shape index (κ1) is 15.5. The fourth-order valence-electron chi connectivity index (χ4n) is 1.31. The van der Waals surface area contributed by atoms with Crippen LogP contribution in [0.5, 0.6) is 0 Å². The first-order valence-corrected chi connectivity index (χ1v) is 8.91. The second-order valence-electron chi connectivity index (χ2n) is 3.81. The van der Waals surface area contributed by atoms with E-state index in [-0.39, 0.29) is 12.2 Å². The second-order valence-corrected chi connectivity index (χ2v) is 8.04.